The quantitative estimate of drug-likeness (QED) is 0.151. The molecule has 12 nitrogen and oxygen atoms in total. The Morgan fingerprint density at radius 2 is 0.556 bits per heavy atom. The van der Waals surface area contributed by atoms with Gasteiger partial charge >= 0.3 is 18.3 Å². The van der Waals surface area contributed by atoms with Crippen molar-refractivity contribution in [3.05, 3.63) is 214 Å². The highest BCUT2D eigenvalue weighted by Gasteiger charge is 2.43. The van der Waals surface area contributed by atoms with Gasteiger partial charge in [-0.3, -0.25) is 29.4 Å². The summed E-state index contributed by atoms with van der Waals surface area (Å²) >= 11 is 0. The minimum absolute atomic E-state index is 0.0496. The van der Waals surface area contributed by atoms with Crippen LogP contribution in [0.25, 0.3) is 0 Å². The number of fused-ring (bicyclic) bond motifs is 12. The topological polar surface area (TPSA) is 98.3 Å². The molecule has 81 heavy (non-hydrogen) atoms. The van der Waals surface area contributed by atoms with Crippen LogP contribution < -0.4 is 0 Å². The van der Waals surface area contributed by atoms with Crippen molar-refractivity contribution < 1.29 is 28.6 Å². The third-order valence-electron chi connectivity index (χ3n) is 19.4. The molecule has 0 saturated carbocycles. The molecule has 0 unspecified atom stereocenters. The largest absolute Gasteiger partial charge is 0.444 e. The van der Waals surface area contributed by atoms with Crippen LogP contribution in [-0.4, -0.2) is 145 Å². The first kappa shape index (κ1) is 53.3. The van der Waals surface area contributed by atoms with Crippen LogP contribution in [0.3, 0.4) is 0 Å². The second-order valence-corrected chi connectivity index (χ2v) is 24.0. The summed E-state index contributed by atoms with van der Waals surface area (Å²) in [5, 5.41) is 0. The van der Waals surface area contributed by atoms with Gasteiger partial charge in [0, 0.05) is 39.3 Å². The van der Waals surface area contributed by atoms with Crippen LogP contribution in [0.2, 0.25) is 0 Å². The minimum Gasteiger partial charge on any atom is -0.444 e. The van der Waals surface area contributed by atoms with Crippen LogP contribution >= 0.6 is 0 Å². The van der Waals surface area contributed by atoms with Crippen molar-refractivity contribution in [3.63, 3.8) is 0 Å². The van der Waals surface area contributed by atoms with E-state index in [1.807, 2.05) is 69.3 Å². The van der Waals surface area contributed by atoms with Gasteiger partial charge in [0.05, 0.1) is 18.1 Å². The predicted molar refractivity (Wildman–Crippen MR) is 314 cm³/mol. The van der Waals surface area contributed by atoms with Crippen molar-refractivity contribution >= 4 is 18.3 Å². The lowest BCUT2D eigenvalue weighted by molar-refractivity contribution is -0.0465. The molecule has 3 amide bonds. The number of amides is 3. The zero-order valence-electron chi connectivity index (χ0n) is 46.8. The first-order valence-corrected chi connectivity index (χ1v) is 30.4. The normalized spacial score (nSPS) is 29.3. The molecule has 6 aromatic rings. The fraction of sp³-hybridized carbons (Fsp3) is 0.435. The summed E-state index contributed by atoms with van der Waals surface area (Å²) in [5.41, 5.74) is 11.1. The van der Waals surface area contributed by atoms with E-state index in [4.69, 9.17) is 14.2 Å². The molecule has 6 atom stereocenters. The lowest BCUT2D eigenvalue weighted by Gasteiger charge is -2.45. The van der Waals surface area contributed by atoms with Crippen molar-refractivity contribution in [1.29, 1.82) is 0 Å². The molecule has 0 spiro atoms. The van der Waals surface area contributed by atoms with Gasteiger partial charge in [-0.05, 0) is 165 Å². The Balaban J connectivity index is 0.000000114. The SMILES string of the molecule is O=C(O[C@@H]1CN2CCC1CC2)N1CCc2ccccc2[C@@H]1c1ccccc1.O=C(O[C@@H]1CN2CCC1CC2)N1CCc2ccccc2[C@H]1c1ccccc1.O=C(O[C@H]1CN2CCC1CC2)N1CCc2ccccc2[C@H]1c1ccccc1. The molecule has 0 aromatic heterocycles. The summed E-state index contributed by atoms with van der Waals surface area (Å²) in [4.78, 5) is 52.8. The lowest BCUT2D eigenvalue weighted by Crippen LogP contribution is -2.53. The zero-order chi connectivity index (χ0) is 54.7. The molecule has 12 heteroatoms. The molecule has 12 aliphatic rings. The number of piperidine rings is 9. The summed E-state index contributed by atoms with van der Waals surface area (Å²) in [6.07, 6.45) is 9.27. The van der Waals surface area contributed by atoms with Gasteiger partial charge in [0.15, 0.2) is 0 Å². The summed E-state index contributed by atoms with van der Waals surface area (Å²) in [5.74, 6) is 1.60. The average Bonchev–Trinajstić information content (AvgIpc) is 3.61. The number of ether oxygens (including phenoxy) is 3. The maximum Gasteiger partial charge on any atom is 0.410 e. The van der Waals surface area contributed by atoms with E-state index in [0.29, 0.717) is 37.4 Å². The molecule has 18 rings (SSSR count). The highest BCUT2D eigenvalue weighted by molar-refractivity contribution is 5.72. The van der Waals surface area contributed by atoms with Gasteiger partial charge in [-0.25, -0.2) is 14.4 Å². The monoisotopic (exact) mass is 1090 g/mol. The van der Waals surface area contributed by atoms with Crippen molar-refractivity contribution in [2.75, 3.05) is 78.5 Å². The Labute approximate surface area is 478 Å². The number of hydrogen-bond donors (Lipinski definition) is 0. The lowest BCUT2D eigenvalue weighted by atomic mass is 9.86. The molecule has 0 aliphatic carbocycles. The second kappa shape index (κ2) is 24.2. The van der Waals surface area contributed by atoms with Gasteiger partial charge in [-0.2, -0.15) is 0 Å². The maximum absolute atomic E-state index is 13.2. The molecule has 9 saturated heterocycles. The predicted octanol–water partition coefficient (Wildman–Crippen LogP) is 11.6. The molecule has 420 valence electrons. The van der Waals surface area contributed by atoms with Gasteiger partial charge in [-0.15, -0.1) is 0 Å². The highest BCUT2D eigenvalue weighted by Crippen LogP contribution is 2.41. The van der Waals surface area contributed by atoms with Crippen molar-refractivity contribution in [2.24, 2.45) is 17.8 Å². The van der Waals surface area contributed by atoms with Crippen molar-refractivity contribution in [3.8, 4) is 0 Å². The number of nitrogens with zero attached hydrogens (tertiary/aromatic N) is 6. The summed E-state index contributed by atoms with van der Waals surface area (Å²) in [6, 6.07) is 56.3. The van der Waals surface area contributed by atoms with Gasteiger partial charge < -0.3 is 14.2 Å². The van der Waals surface area contributed by atoms with Gasteiger partial charge in [-0.1, -0.05) is 164 Å². The van der Waals surface area contributed by atoms with E-state index in [-0.39, 0.29) is 54.7 Å². The average molecular weight is 1090 g/mol. The van der Waals surface area contributed by atoms with E-state index in [2.05, 4.69) is 124 Å². The molecule has 12 heterocycles. The van der Waals surface area contributed by atoms with Crippen LogP contribution in [0.4, 0.5) is 14.4 Å². The van der Waals surface area contributed by atoms with Gasteiger partial charge in [0.25, 0.3) is 0 Å². The van der Waals surface area contributed by atoms with Crippen LogP contribution in [0.1, 0.15) is 107 Å². The maximum atomic E-state index is 13.2. The van der Waals surface area contributed by atoms with Crippen LogP contribution in [0, 0.1) is 17.8 Å². The van der Waals surface area contributed by atoms with Crippen molar-refractivity contribution in [2.45, 2.75) is 94.2 Å². The molecule has 0 N–H and O–H groups in total. The summed E-state index contributed by atoms with van der Waals surface area (Å²) in [7, 11) is 0. The molecule has 6 bridgehead atoms. The van der Waals surface area contributed by atoms with Crippen LogP contribution in [-0.2, 0) is 33.5 Å². The van der Waals surface area contributed by atoms with E-state index >= 15 is 0 Å². The van der Waals surface area contributed by atoms with Crippen molar-refractivity contribution in [1.82, 2.24) is 29.4 Å². The molecular formula is C69H78N6O6. The molecule has 9 fully saturated rings. The molecule has 0 radical (unpaired) electrons. The number of rotatable bonds is 6. The standard InChI is InChI=1S/3C23H26N2O2/c3*26-23(27-21-16-24-13-10-18(21)11-14-24)25-15-12-17-6-4-5-9-20(17)22(25)19-7-2-1-3-8-19/h3*1-9,18,21-22H,10-16H2/t2*21-,22+;21-,22-/m101/s1. The van der Waals surface area contributed by atoms with E-state index in [0.717, 1.165) is 133 Å². The van der Waals surface area contributed by atoms with E-state index in [1.54, 1.807) is 0 Å². The smallest absolute Gasteiger partial charge is 0.410 e. The number of benzene rings is 6. The summed E-state index contributed by atoms with van der Waals surface area (Å²) < 4.78 is 18.2. The number of carbonyl (C=O) groups is 3. The van der Waals surface area contributed by atoms with Gasteiger partial charge in [0.1, 0.15) is 18.3 Å². The Morgan fingerprint density at radius 1 is 0.309 bits per heavy atom. The molecular weight excluding hydrogens is 1010 g/mol. The Morgan fingerprint density at radius 3 is 0.802 bits per heavy atom. The van der Waals surface area contributed by atoms with E-state index < -0.39 is 0 Å². The fourth-order valence-corrected chi connectivity index (χ4v) is 15.0. The van der Waals surface area contributed by atoms with Crippen LogP contribution in [0.5, 0.6) is 0 Å². The van der Waals surface area contributed by atoms with Crippen LogP contribution in [0.15, 0.2) is 164 Å². The second-order valence-electron chi connectivity index (χ2n) is 24.0. The number of carbonyl (C=O) groups excluding carboxylic acids is 3. The van der Waals surface area contributed by atoms with E-state index in [1.165, 1.54) is 33.4 Å². The third kappa shape index (κ3) is 11.5. The zero-order valence-corrected chi connectivity index (χ0v) is 46.8. The summed E-state index contributed by atoms with van der Waals surface area (Å²) in [6.45, 7) is 11.7. The van der Waals surface area contributed by atoms with Gasteiger partial charge in [0.2, 0.25) is 0 Å². The number of hydrogen-bond acceptors (Lipinski definition) is 9. The fourth-order valence-electron chi connectivity index (χ4n) is 15.0. The highest BCUT2D eigenvalue weighted by atomic mass is 16.6. The Hall–Kier alpha value is -6.99. The Bertz CT molecular complexity index is 2770. The molecule has 6 aromatic carbocycles. The third-order valence-corrected chi connectivity index (χ3v) is 19.4. The van der Waals surface area contributed by atoms with E-state index in [9.17, 15) is 14.4 Å². The Kier molecular flexibility index (Phi) is 15.9. The first-order valence-electron chi connectivity index (χ1n) is 30.4. The first-order chi connectivity index (χ1) is 39.9. The molecule has 12 aliphatic heterocycles. The minimum atomic E-state index is -0.155.